The summed E-state index contributed by atoms with van der Waals surface area (Å²) < 4.78 is 21.0. The van der Waals surface area contributed by atoms with Gasteiger partial charge in [0.05, 0.1) is 33.8 Å². The Bertz CT molecular complexity index is 4120. The van der Waals surface area contributed by atoms with E-state index in [0.717, 1.165) is 197 Å². The summed E-state index contributed by atoms with van der Waals surface area (Å²) in [7, 11) is 0. The third-order valence-corrected chi connectivity index (χ3v) is 18.0. The Kier molecular flexibility index (Phi) is 38.3. The highest BCUT2D eigenvalue weighted by Gasteiger charge is 2.26. The van der Waals surface area contributed by atoms with Crippen LogP contribution in [0.25, 0.3) is 43.9 Å². The number of thiocarbonyl (C=S) groups is 2. The topological polar surface area (TPSA) is 323 Å². The molecule has 0 atom stereocenters. The van der Waals surface area contributed by atoms with Crippen molar-refractivity contribution in [1.82, 2.24) is 65.5 Å². The number of imidazole rings is 2. The number of alkyl carbamates (subject to hydrolysis) is 1. The number of aliphatic imine (C=N–C) groups is 1. The largest absolute Gasteiger partial charge is 0.444 e. The Balaban J connectivity index is 0.000000260. The number of fused-ring (bicyclic) bond motifs is 6. The van der Waals surface area contributed by atoms with Crippen molar-refractivity contribution in [1.29, 1.82) is 0 Å². The predicted molar refractivity (Wildman–Crippen MR) is 453 cm³/mol. The molecule has 8 rings (SSSR count). The molecule has 0 bridgehead atoms. The number of isothiocyanates is 1. The normalized spacial score (nSPS) is 11.5. The van der Waals surface area contributed by atoms with Crippen LogP contribution in [0.4, 0.5) is 26.0 Å². The average Bonchev–Trinajstić information content (AvgIpc) is 1.60. The van der Waals surface area contributed by atoms with Crippen LogP contribution >= 0.6 is 24.4 Å². The van der Waals surface area contributed by atoms with Crippen molar-refractivity contribution in [3.05, 3.63) is 131 Å². The highest BCUT2D eigenvalue weighted by molar-refractivity contribution is 7.80. The standard InChI is InChI=1S/C33H49N9S.C27H54N4O6.C23H23N5S/c1-2-3-12-29-41-30-31(27-10-4-5-11-28(27)40-32(30)35)42(29)24-26-15-13-25(14-16-26)23-39-33(43)38-22-9-21-37-19-7-6-18-36-20-8-17-34;1-25(2,3)35-22(32)29-17-11-10-12-18-30(23(33)36-26(4,5)6)19-13-14-20-31(21-15-16-28)24(34)37-27(7,8)9;1-2-3-8-20-27-21-22(18-6-4-5-7-19(18)26-23(21)24)28(20)14-17-11-9-16(10-12-17)13-25-15-29/h4-5,10-11,13-16,36-37H,2-3,6-9,12,17-24,34H2,1H3,(H2,35,40)(H2,38,39,43);10-21,28H2,1-9H3,(H,29,32);4-7,9-12H,2-3,8,13-14H2,1H3,(H2,24,26). The number of amides is 3. The average molecular weight is 1540 g/mol. The zero-order valence-corrected chi connectivity index (χ0v) is 68.6. The van der Waals surface area contributed by atoms with Crippen LogP contribution in [-0.2, 0) is 53.2 Å². The molecule has 596 valence electrons. The van der Waals surface area contributed by atoms with Gasteiger partial charge in [-0.2, -0.15) is 0 Å². The number of nitrogens with two attached hydrogens (primary N) is 4. The fraction of sp³-hybridized carbons (Fsp3) is 0.554. The van der Waals surface area contributed by atoms with E-state index in [2.05, 4.69) is 143 Å². The van der Waals surface area contributed by atoms with Crippen molar-refractivity contribution in [2.75, 3.05) is 90.0 Å². The Morgan fingerprint density at radius 1 is 0.486 bits per heavy atom. The number of ether oxygens (including phenoxy) is 3. The van der Waals surface area contributed by atoms with E-state index in [4.69, 9.17) is 59.3 Å². The highest BCUT2D eigenvalue weighted by atomic mass is 32.1. The second kappa shape index (κ2) is 46.8. The summed E-state index contributed by atoms with van der Waals surface area (Å²) in [5.41, 5.74) is 32.4. The fourth-order valence-corrected chi connectivity index (χ4v) is 12.3. The first-order valence-corrected chi connectivity index (χ1v) is 40.1. The van der Waals surface area contributed by atoms with Gasteiger partial charge >= 0.3 is 18.3 Å². The number of nitrogens with one attached hydrogen (secondary N) is 5. The second-order valence-electron chi connectivity index (χ2n) is 30.5. The second-order valence-corrected chi connectivity index (χ2v) is 31.1. The summed E-state index contributed by atoms with van der Waals surface area (Å²) in [6.07, 6.45) is 14.1. The van der Waals surface area contributed by atoms with Crippen molar-refractivity contribution in [2.24, 2.45) is 16.5 Å². The molecule has 4 aromatic heterocycles. The third-order valence-electron chi connectivity index (χ3n) is 17.5. The molecule has 26 heteroatoms. The number of nitrogens with zero attached hydrogens (tertiary/aromatic N) is 9. The molecule has 4 heterocycles. The van der Waals surface area contributed by atoms with Gasteiger partial charge in [-0.3, -0.25) is 0 Å². The fourth-order valence-electron chi connectivity index (χ4n) is 12.1. The van der Waals surface area contributed by atoms with Crippen molar-refractivity contribution in [3.63, 3.8) is 0 Å². The molecule has 0 aliphatic heterocycles. The molecule has 8 aromatic rings. The van der Waals surface area contributed by atoms with Gasteiger partial charge in [-0.1, -0.05) is 112 Å². The maximum Gasteiger partial charge on any atom is 0.410 e. The number of unbranched alkanes of at least 4 members (excludes halogenated alkanes) is 6. The smallest absolute Gasteiger partial charge is 0.410 e. The summed E-state index contributed by atoms with van der Waals surface area (Å²) in [6, 6.07) is 33.5. The van der Waals surface area contributed by atoms with E-state index >= 15 is 0 Å². The van der Waals surface area contributed by atoms with Crippen LogP contribution in [0.3, 0.4) is 0 Å². The van der Waals surface area contributed by atoms with Crippen LogP contribution in [0.5, 0.6) is 0 Å². The molecule has 4 aromatic carbocycles. The molecule has 0 unspecified atom stereocenters. The van der Waals surface area contributed by atoms with Gasteiger partial charge in [0.2, 0.25) is 0 Å². The van der Waals surface area contributed by atoms with Crippen LogP contribution < -0.4 is 49.5 Å². The number of hydrogen-bond donors (Lipinski definition) is 9. The first kappa shape index (κ1) is 89.3. The minimum absolute atomic E-state index is 0.341. The van der Waals surface area contributed by atoms with Crippen LogP contribution in [0, 0.1) is 0 Å². The molecule has 0 saturated carbocycles. The van der Waals surface area contributed by atoms with Crippen LogP contribution in [0.2, 0.25) is 0 Å². The molecule has 0 spiro atoms. The lowest BCUT2D eigenvalue weighted by atomic mass is 10.1. The van der Waals surface area contributed by atoms with Crippen molar-refractivity contribution < 1.29 is 28.6 Å². The lowest BCUT2D eigenvalue weighted by molar-refractivity contribution is 0.0207. The Hall–Kier alpha value is -8.62. The number of anilines is 2. The number of aromatic nitrogens is 6. The summed E-state index contributed by atoms with van der Waals surface area (Å²) in [5.74, 6) is 3.10. The van der Waals surface area contributed by atoms with Gasteiger partial charge in [0.25, 0.3) is 0 Å². The Morgan fingerprint density at radius 3 is 1.36 bits per heavy atom. The molecule has 0 fully saturated rings. The van der Waals surface area contributed by atoms with Crippen molar-refractivity contribution in [2.45, 2.75) is 222 Å². The monoisotopic (exact) mass is 1530 g/mol. The number of carbonyl (C=O) groups excluding carboxylic acids is 3. The van der Waals surface area contributed by atoms with E-state index in [1.54, 1.807) is 9.80 Å². The SMILES string of the molecule is CC(C)(C)OC(=O)NCCCCCN(CCCCN(CCCN)C(=O)OC(C)(C)C)C(=O)OC(C)(C)C.CCCCc1nc2c(N)nc3ccccc3c2n1Cc1ccc(CN=C=S)cc1.CCCCc1nc2c(N)nc3ccccc3c2n1Cc1ccc(CNC(=S)NCCCNCCCCNCCCN)cc1. The summed E-state index contributed by atoms with van der Waals surface area (Å²) >= 11 is 10.1. The number of nitrogen functional groups attached to an aromatic ring is 2. The first-order chi connectivity index (χ1) is 52.2. The molecule has 13 N–H and O–H groups in total. The van der Waals surface area contributed by atoms with Crippen molar-refractivity contribution in [3.8, 4) is 0 Å². The number of pyridine rings is 2. The minimum Gasteiger partial charge on any atom is -0.444 e. The molecular weight excluding hydrogens is 1410 g/mol. The third kappa shape index (κ3) is 32.1. The van der Waals surface area contributed by atoms with Crippen LogP contribution in [-0.4, -0.2) is 163 Å². The summed E-state index contributed by atoms with van der Waals surface area (Å²) in [6.45, 7) is 32.6. The lowest BCUT2D eigenvalue weighted by Gasteiger charge is -2.29. The quantitative estimate of drug-likeness (QED) is 0.00746. The van der Waals surface area contributed by atoms with Gasteiger partial charge in [-0.15, -0.1) is 0 Å². The maximum atomic E-state index is 12.8. The van der Waals surface area contributed by atoms with Crippen LogP contribution in [0.15, 0.2) is 102 Å². The number of carbonyl (C=O) groups is 3. The maximum absolute atomic E-state index is 12.8. The van der Waals surface area contributed by atoms with Gasteiger partial charge in [0.1, 0.15) is 39.5 Å². The summed E-state index contributed by atoms with van der Waals surface area (Å²) in [5, 5.41) is 21.6. The molecule has 0 radical (unpaired) electrons. The number of aryl methyl sites for hydroxylation is 2. The van der Waals surface area contributed by atoms with E-state index < -0.39 is 22.9 Å². The zero-order valence-electron chi connectivity index (χ0n) is 67.0. The first-order valence-electron chi connectivity index (χ1n) is 39.3. The van der Waals surface area contributed by atoms with Crippen LogP contribution in [0.1, 0.15) is 200 Å². The van der Waals surface area contributed by atoms with Gasteiger partial charge in [-0.05, 0) is 237 Å². The van der Waals surface area contributed by atoms with E-state index in [1.807, 2.05) is 98.7 Å². The molecule has 0 saturated heterocycles. The van der Waals surface area contributed by atoms with Gasteiger partial charge in [0, 0.05) is 82.5 Å². The number of para-hydroxylation sites is 2. The Labute approximate surface area is 658 Å². The number of benzene rings is 4. The number of rotatable bonds is 40. The van der Waals surface area contributed by atoms with E-state index in [-0.39, 0.29) is 12.2 Å². The predicted octanol–water partition coefficient (Wildman–Crippen LogP) is 14.7. The zero-order chi connectivity index (χ0) is 79.2. The molecule has 3 amide bonds. The van der Waals surface area contributed by atoms with E-state index in [1.165, 1.54) is 29.5 Å². The Morgan fingerprint density at radius 2 is 0.899 bits per heavy atom. The minimum atomic E-state index is -0.581. The number of hydrogen-bond acceptors (Lipinski definition) is 19. The van der Waals surface area contributed by atoms with Gasteiger partial charge in [-0.25, -0.2) is 39.3 Å². The molecule has 0 aliphatic carbocycles. The highest BCUT2D eigenvalue weighted by Crippen LogP contribution is 2.32. The van der Waals surface area contributed by atoms with Gasteiger partial charge < -0.3 is 82.7 Å². The summed E-state index contributed by atoms with van der Waals surface area (Å²) in [4.78, 5) is 63.5. The molecule has 24 nitrogen and oxygen atoms in total. The van der Waals surface area contributed by atoms with Gasteiger partial charge in [0.15, 0.2) is 16.7 Å². The van der Waals surface area contributed by atoms with E-state index in [0.29, 0.717) is 75.5 Å². The molecule has 109 heavy (non-hydrogen) atoms. The lowest BCUT2D eigenvalue weighted by Crippen LogP contribution is -2.40. The molecular formula is C83H126N18O6S2. The molecule has 0 aliphatic rings. The van der Waals surface area contributed by atoms with E-state index in [9.17, 15) is 14.4 Å². The van der Waals surface area contributed by atoms with Crippen molar-refractivity contribution >= 4 is 108 Å².